The lowest BCUT2D eigenvalue weighted by atomic mass is 9.88. The number of hydrogen-bond donors (Lipinski definition) is 17. The number of H-pyrrole nitrogens is 1. The van der Waals surface area contributed by atoms with Crippen molar-refractivity contribution < 1.29 is 81.8 Å². The number of rotatable bonds is 40. The van der Waals surface area contributed by atoms with Gasteiger partial charge in [0.15, 0.2) is 5.78 Å². The molecule has 100 heavy (non-hydrogen) atoms. The van der Waals surface area contributed by atoms with E-state index in [0.717, 1.165) is 0 Å². The molecule has 14 amide bonds. The summed E-state index contributed by atoms with van der Waals surface area (Å²) < 4.78 is 0. The molecule has 0 radical (unpaired) electrons. The van der Waals surface area contributed by atoms with E-state index in [9.17, 15) is 81.8 Å². The maximum absolute atomic E-state index is 14.2. The number of primary amides is 2. The molecule has 1 fully saturated rings. The van der Waals surface area contributed by atoms with E-state index in [2.05, 4.69) is 73.8 Å². The lowest BCUT2D eigenvalue weighted by Crippen LogP contribution is -2.59. The van der Waals surface area contributed by atoms with Crippen molar-refractivity contribution in [1.29, 1.82) is 0 Å². The van der Waals surface area contributed by atoms with Crippen molar-refractivity contribution in [3.05, 3.63) is 18.2 Å². The van der Waals surface area contributed by atoms with Gasteiger partial charge in [0.25, 0.3) is 0 Å². The quantitative estimate of drug-likeness (QED) is 0.0314. The lowest BCUT2D eigenvalue weighted by Gasteiger charge is -2.30. The van der Waals surface area contributed by atoms with Crippen LogP contribution in [0.25, 0.3) is 0 Å². The Labute approximate surface area is 584 Å². The number of carbonyl (C=O) groups is 16. The van der Waals surface area contributed by atoms with E-state index in [0.29, 0.717) is 37.8 Å². The van der Waals surface area contributed by atoms with E-state index in [1.165, 1.54) is 26.4 Å². The van der Waals surface area contributed by atoms with Crippen molar-refractivity contribution in [3.8, 4) is 0 Å². The Morgan fingerprint density at radius 1 is 0.660 bits per heavy atom. The second kappa shape index (κ2) is 45.5. The number of unbranched alkanes of at least 4 members (excludes halogenated alkanes) is 2. The van der Waals surface area contributed by atoms with Gasteiger partial charge < -0.3 is 91.1 Å². The van der Waals surface area contributed by atoms with Gasteiger partial charge in [0.1, 0.15) is 54.4 Å². The molecule has 562 valence electrons. The van der Waals surface area contributed by atoms with Gasteiger partial charge >= 0.3 is 5.97 Å². The Morgan fingerprint density at radius 3 is 1.88 bits per heavy atom. The first-order valence-electron chi connectivity index (χ1n) is 34.7. The number of carboxylic acids is 1. The summed E-state index contributed by atoms with van der Waals surface area (Å²) in [6.45, 7) is 16.4. The number of carboxylic acid groups (broad SMARTS) is 1. The number of amides is 14. The first kappa shape index (κ1) is 87.0. The van der Waals surface area contributed by atoms with Gasteiger partial charge in [-0.2, -0.15) is 0 Å². The van der Waals surface area contributed by atoms with E-state index in [1.54, 1.807) is 34.6 Å². The van der Waals surface area contributed by atoms with Crippen LogP contribution in [0, 0.1) is 29.6 Å². The summed E-state index contributed by atoms with van der Waals surface area (Å²) in [6, 6.07) is -12.9. The zero-order chi connectivity index (χ0) is 75.3. The predicted octanol–water partition coefficient (Wildman–Crippen LogP) is -2.07. The molecule has 0 aromatic carbocycles. The molecule has 0 aliphatic carbocycles. The molecule has 34 nitrogen and oxygen atoms in total. The molecule has 1 unspecified atom stereocenters. The number of hydrogen-bond acceptors (Lipinski definition) is 18. The number of Topliss-reactive ketones (excluding diaryl/α,β-unsaturated/α-hetero) is 1. The minimum Gasteiger partial charge on any atom is -0.481 e. The van der Waals surface area contributed by atoms with Gasteiger partial charge in [0.05, 0.1) is 25.3 Å². The molecule has 0 bridgehead atoms. The number of carbonyl (C=O) groups excluding carboxylic acids is 15. The summed E-state index contributed by atoms with van der Waals surface area (Å²) in [7, 11) is 0. The van der Waals surface area contributed by atoms with Gasteiger partial charge in [-0.05, 0) is 108 Å². The van der Waals surface area contributed by atoms with Gasteiger partial charge in [-0.15, -0.1) is 0 Å². The fourth-order valence-corrected chi connectivity index (χ4v) is 11.0. The monoisotopic (exact) mass is 1410 g/mol. The first-order chi connectivity index (χ1) is 47.1. The molecule has 34 heteroatoms. The maximum atomic E-state index is 14.2. The van der Waals surface area contributed by atoms with Crippen molar-refractivity contribution in [1.82, 2.24) is 73.8 Å². The van der Waals surface area contributed by atoms with Gasteiger partial charge in [-0.1, -0.05) is 74.7 Å². The van der Waals surface area contributed by atoms with Crippen LogP contribution in [-0.4, -0.2) is 190 Å². The molecular weight excluding hydrogens is 1300 g/mol. The molecule has 1 aromatic rings. The number of aliphatic carboxylic acids is 1. The summed E-state index contributed by atoms with van der Waals surface area (Å²) in [5.41, 5.74) is 17.3. The highest BCUT2D eigenvalue weighted by atomic mass is 16.4. The van der Waals surface area contributed by atoms with E-state index >= 15 is 0 Å². The number of aromatic nitrogens is 2. The Balaban J connectivity index is 2.28. The number of ketones is 1. The van der Waals surface area contributed by atoms with Crippen LogP contribution in [0.5, 0.6) is 0 Å². The molecule has 1 aromatic heterocycles. The smallest absolute Gasteiger partial charge is 0.303 e. The molecule has 0 saturated carbocycles. The van der Waals surface area contributed by atoms with Gasteiger partial charge in [-0.3, -0.25) is 76.7 Å². The Hall–Kier alpha value is -9.11. The SMILES string of the molecule is CC[C@H](C)[C@H](NC(=O)[C@@H](NC(=O)[C@H](CCC(=O)O)NC(=O)C(CCCCC(=O)[C@H](CC(C)C)NC(=O)[C@H](CCCCN)NC(=O)CNC(=O)[C@H](CC(N)=O)NC(=O)[C@@H]1CCCCNC(=O)CC[C@@H](NC(C)=O)C(=O)N[C@@H](C)C(=O)N[C@@H](Cc2cnc[nH]2)C(=O)N1)C(C)C)[C@@H](C)CC)C(N)=O. The van der Waals surface area contributed by atoms with Crippen molar-refractivity contribution in [2.75, 3.05) is 19.6 Å². The molecule has 1 aliphatic heterocycles. The molecule has 20 N–H and O–H groups in total. The molecule has 2 heterocycles. The van der Waals surface area contributed by atoms with Crippen molar-refractivity contribution in [2.45, 2.75) is 252 Å². The molecule has 1 saturated heterocycles. The average Bonchev–Trinajstić information content (AvgIpc) is 0.936. The highest BCUT2D eigenvalue weighted by Gasteiger charge is 2.37. The summed E-state index contributed by atoms with van der Waals surface area (Å²) >= 11 is 0. The largest absolute Gasteiger partial charge is 0.481 e. The third-order valence-corrected chi connectivity index (χ3v) is 17.3. The van der Waals surface area contributed by atoms with Crippen LogP contribution in [0.4, 0.5) is 0 Å². The van der Waals surface area contributed by atoms with Gasteiger partial charge in [-0.25, -0.2) is 4.98 Å². The topological polar surface area (TPSA) is 544 Å². The van der Waals surface area contributed by atoms with Crippen LogP contribution < -0.4 is 81.0 Å². The van der Waals surface area contributed by atoms with Gasteiger partial charge in [0, 0.05) is 57.0 Å². The van der Waals surface area contributed by atoms with Crippen LogP contribution in [0.3, 0.4) is 0 Å². The second-order valence-electron chi connectivity index (χ2n) is 26.5. The van der Waals surface area contributed by atoms with E-state index in [-0.39, 0.29) is 114 Å². The fourth-order valence-electron chi connectivity index (χ4n) is 11.0. The van der Waals surface area contributed by atoms with E-state index in [1.807, 2.05) is 20.8 Å². The molecule has 13 atom stereocenters. The zero-order valence-electron chi connectivity index (χ0n) is 59.5. The van der Waals surface area contributed by atoms with Crippen LogP contribution in [-0.2, 0) is 83.1 Å². The molecular formula is C66H111N17O17. The fraction of sp³-hybridized carbons (Fsp3) is 0.712. The average molecular weight is 1410 g/mol. The van der Waals surface area contributed by atoms with Crippen LogP contribution in [0.1, 0.15) is 191 Å². The third-order valence-electron chi connectivity index (χ3n) is 17.3. The van der Waals surface area contributed by atoms with Crippen LogP contribution >= 0.6 is 0 Å². The summed E-state index contributed by atoms with van der Waals surface area (Å²) in [6.07, 6.45) is 3.71. The number of nitrogens with zero attached hydrogens (tertiary/aromatic N) is 1. The van der Waals surface area contributed by atoms with Crippen molar-refractivity contribution in [3.63, 3.8) is 0 Å². The van der Waals surface area contributed by atoms with Gasteiger partial charge in [0.2, 0.25) is 82.7 Å². The van der Waals surface area contributed by atoms with Crippen LogP contribution in [0.15, 0.2) is 12.5 Å². The van der Waals surface area contributed by atoms with Crippen LogP contribution in [0.2, 0.25) is 0 Å². The number of nitrogens with two attached hydrogens (primary N) is 3. The highest BCUT2D eigenvalue weighted by Crippen LogP contribution is 2.22. The Kier molecular flexibility index (Phi) is 39.6. The molecule has 0 spiro atoms. The minimum absolute atomic E-state index is 0.0391. The van der Waals surface area contributed by atoms with E-state index < -0.39 is 180 Å². The minimum atomic E-state index is -1.73. The normalized spacial score (nSPS) is 19.2. The highest BCUT2D eigenvalue weighted by molar-refractivity contribution is 5.99. The Morgan fingerprint density at radius 2 is 1.29 bits per heavy atom. The maximum Gasteiger partial charge on any atom is 0.303 e. The predicted molar refractivity (Wildman–Crippen MR) is 365 cm³/mol. The molecule has 1 aliphatic rings. The number of aromatic amines is 1. The summed E-state index contributed by atoms with van der Waals surface area (Å²) in [4.78, 5) is 220. The van der Waals surface area contributed by atoms with E-state index in [4.69, 9.17) is 17.2 Å². The standard InChI is InChI=1S/C66H111N17O17/c1-11-37(7)55(57(69)91)82-66(100)56(38(8)12-2)83-64(98)46(24-26-54(89)90)77-59(93)42(36(5)6)19-13-14-22-50(85)47(29-35(3)4)79-62(96)43(20-15-17-27-67)76-53(88)33-72-60(94)49(31-51(68)86)81-63(97)44-21-16-18-28-71-52(87)25-23-45(75-40(10)84)61(95)74-39(9)58(92)80-48(65(99)78-44)30-41-32-70-34-73-41/h32,34-39,42-49,55-56H,11-31,33,67H2,1-10H3,(H2,68,86)(H2,69,91)(H,70,73)(H,71,87)(H,72,94)(H,74,95)(H,75,84)(H,76,88)(H,77,93)(H,78,99)(H,79,96)(H,80,92)(H,81,97)(H,82,100)(H,83,98)(H,89,90)/t37-,38-,39-,42?,43-,44-,45+,46-,47-,48-,49-,55-,56-/m0/s1. The zero-order valence-corrected chi connectivity index (χ0v) is 59.5. The lowest BCUT2D eigenvalue weighted by molar-refractivity contribution is -0.139. The third kappa shape index (κ3) is 32.7. The van der Waals surface area contributed by atoms with Crippen molar-refractivity contribution in [2.24, 2.45) is 46.8 Å². The first-order valence-corrected chi connectivity index (χ1v) is 34.7. The summed E-state index contributed by atoms with van der Waals surface area (Å²) in [5.74, 6) is -14.5. The summed E-state index contributed by atoms with van der Waals surface area (Å²) in [5, 5.41) is 40.6. The molecule has 2 rings (SSSR count). The number of imidazole rings is 1. The van der Waals surface area contributed by atoms with Crippen molar-refractivity contribution >= 4 is 94.5 Å². The Bertz CT molecular complexity index is 2930. The number of nitrogens with one attached hydrogen (secondary N) is 13. The second-order valence-corrected chi connectivity index (χ2v) is 26.5.